The molecule has 1 saturated heterocycles. The van der Waals surface area contributed by atoms with Gasteiger partial charge >= 0.3 is 0 Å². The van der Waals surface area contributed by atoms with Crippen LogP contribution in [-0.2, 0) is 4.74 Å². The summed E-state index contributed by atoms with van der Waals surface area (Å²) < 4.78 is 5.36. The Morgan fingerprint density at radius 2 is 2.12 bits per heavy atom. The van der Waals surface area contributed by atoms with Crippen LogP contribution in [-0.4, -0.2) is 62.3 Å². The average molecular weight is 238 g/mol. The number of rotatable bonds is 5. The minimum Gasteiger partial charge on any atom is -0.379 e. The third-order valence-corrected chi connectivity index (χ3v) is 3.95. The first-order chi connectivity index (χ1) is 8.36. The Morgan fingerprint density at radius 3 is 2.82 bits per heavy atom. The van der Waals surface area contributed by atoms with Crippen molar-refractivity contribution in [3.8, 4) is 0 Å². The molecule has 98 valence electrons. The molecule has 0 spiro atoms. The molecule has 2 rings (SSSR count). The van der Waals surface area contributed by atoms with E-state index in [1.165, 1.54) is 38.8 Å². The molecule has 0 aromatic heterocycles. The van der Waals surface area contributed by atoms with Crippen LogP contribution in [0.2, 0.25) is 0 Å². The molecule has 3 nitrogen and oxygen atoms in total. The van der Waals surface area contributed by atoms with Crippen LogP contribution < -0.4 is 0 Å². The average Bonchev–Trinajstić information content (AvgIpc) is 2.41. The fourth-order valence-electron chi connectivity index (χ4n) is 2.73. The van der Waals surface area contributed by atoms with E-state index in [1.807, 2.05) is 0 Å². The molecule has 1 unspecified atom stereocenters. The van der Waals surface area contributed by atoms with E-state index in [0.29, 0.717) is 0 Å². The number of allylic oxidation sites excluding steroid dienone is 1. The normalized spacial score (nSPS) is 26.6. The van der Waals surface area contributed by atoms with Crippen LogP contribution in [0.25, 0.3) is 0 Å². The molecular weight excluding hydrogens is 212 g/mol. The van der Waals surface area contributed by atoms with Crippen molar-refractivity contribution < 1.29 is 4.74 Å². The maximum atomic E-state index is 5.36. The molecular formula is C14H26N2O. The zero-order chi connectivity index (χ0) is 11.9. The fourth-order valence-corrected chi connectivity index (χ4v) is 2.73. The maximum absolute atomic E-state index is 5.36. The highest BCUT2D eigenvalue weighted by molar-refractivity contribution is 4.93. The molecule has 1 aliphatic heterocycles. The van der Waals surface area contributed by atoms with E-state index in [2.05, 4.69) is 29.0 Å². The van der Waals surface area contributed by atoms with Gasteiger partial charge in [-0.1, -0.05) is 12.2 Å². The van der Waals surface area contributed by atoms with Crippen LogP contribution in [0.5, 0.6) is 0 Å². The molecule has 0 bridgehead atoms. The van der Waals surface area contributed by atoms with Crippen molar-refractivity contribution in [1.82, 2.24) is 9.80 Å². The highest BCUT2D eigenvalue weighted by Gasteiger charge is 2.15. The Hall–Kier alpha value is -0.380. The summed E-state index contributed by atoms with van der Waals surface area (Å²) in [6, 6.07) is 0.782. The second kappa shape index (κ2) is 7.14. The van der Waals surface area contributed by atoms with Gasteiger partial charge in [-0.3, -0.25) is 4.90 Å². The monoisotopic (exact) mass is 238 g/mol. The third-order valence-electron chi connectivity index (χ3n) is 3.95. The van der Waals surface area contributed by atoms with Gasteiger partial charge in [-0.05, 0) is 45.8 Å². The van der Waals surface area contributed by atoms with Crippen molar-refractivity contribution in [2.75, 3.05) is 46.4 Å². The molecule has 1 heterocycles. The lowest BCUT2D eigenvalue weighted by atomic mass is 10.0. The topological polar surface area (TPSA) is 15.7 Å². The first kappa shape index (κ1) is 13.1. The molecule has 0 aromatic carbocycles. The van der Waals surface area contributed by atoms with Crippen molar-refractivity contribution in [1.29, 1.82) is 0 Å². The van der Waals surface area contributed by atoms with Crippen molar-refractivity contribution in [3.63, 3.8) is 0 Å². The number of nitrogens with zero attached hydrogens (tertiary/aromatic N) is 2. The van der Waals surface area contributed by atoms with E-state index < -0.39 is 0 Å². The van der Waals surface area contributed by atoms with E-state index in [9.17, 15) is 0 Å². The van der Waals surface area contributed by atoms with E-state index >= 15 is 0 Å². The Bertz CT molecular complexity index is 236. The third kappa shape index (κ3) is 4.41. The second-order valence-electron chi connectivity index (χ2n) is 5.23. The molecule has 0 N–H and O–H groups in total. The highest BCUT2D eigenvalue weighted by atomic mass is 16.5. The van der Waals surface area contributed by atoms with E-state index in [4.69, 9.17) is 4.74 Å². The Labute approximate surface area is 105 Å². The number of hydrogen-bond acceptors (Lipinski definition) is 3. The van der Waals surface area contributed by atoms with E-state index in [0.717, 1.165) is 32.3 Å². The van der Waals surface area contributed by atoms with Crippen molar-refractivity contribution in [3.05, 3.63) is 12.2 Å². The first-order valence-electron chi connectivity index (χ1n) is 7.01. The summed E-state index contributed by atoms with van der Waals surface area (Å²) in [6.07, 6.45) is 9.79. The standard InChI is InChI=1S/C14H26N2O/c1-15(14-6-3-2-4-7-14)8-5-9-16-10-12-17-13-11-16/h2-3,14H,4-13H2,1H3. The van der Waals surface area contributed by atoms with E-state index in [-0.39, 0.29) is 0 Å². The van der Waals surface area contributed by atoms with Gasteiger partial charge < -0.3 is 9.64 Å². The second-order valence-corrected chi connectivity index (χ2v) is 5.23. The Morgan fingerprint density at radius 1 is 1.29 bits per heavy atom. The molecule has 3 heteroatoms. The van der Waals surface area contributed by atoms with Gasteiger partial charge in [-0.2, -0.15) is 0 Å². The molecule has 1 aliphatic carbocycles. The zero-order valence-corrected chi connectivity index (χ0v) is 11.1. The molecule has 0 radical (unpaired) electrons. The van der Waals surface area contributed by atoms with Crippen LogP contribution >= 0.6 is 0 Å². The minimum absolute atomic E-state index is 0.782. The summed E-state index contributed by atoms with van der Waals surface area (Å²) >= 11 is 0. The van der Waals surface area contributed by atoms with Crippen LogP contribution in [0, 0.1) is 0 Å². The summed E-state index contributed by atoms with van der Waals surface area (Å²) in [4.78, 5) is 5.07. The SMILES string of the molecule is CN(CCCN1CCOCC1)C1CC=CCC1. The smallest absolute Gasteiger partial charge is 0.0594 e. The van der Waals surface area contributed by atoms with Gasteiger partial charge in [0.1, 0.15) is 0 Å². The van der Waals surface area contributed by atoms with Crippen LogP contribution in [0.4, 0.5) is 0 Å². The number of hydrogen-bond donors (Lipinski definition) is 0. The largest absolute Gasteiger partial charge is 0.379 e. The summed E-state index contributed by atoms with van der Waals surface area (Å²) in [5.41, 5.74) is 0. The van der Waals surface area contributed by atoms with Gasteiger partial charge in [0.25, 0.3) is 0 Å². The lowest BCUT2D eigenvalue weighted by Gasteiger charge is -2.31. The minimum atomic E-state index is 0.782. The lowest BCUT2D eigenvalue weighted by molar-refractivity contribution is 0.0358. The van der Waals surface area contributed by atoms with Gasteiger partial charge in [0.2, 0.25) is 0 Å². The molecule has 0 aromatic rings. The number of morpholine rings is 1. The summed E-state index contributed by atoms with van der Waals surface area (Å²) in [5.74, 6) is 0. The predicted octanol–water partition coefficient (Wildman–Crippen LogP) is 1.75. The van der Waals surface area contributed by atoms with Crippen molar-refractivity contribution in [2.45, 2.75) is 31.7 Å². The lowest BCUT2D eigenvalue weighted by Crippen LogP contribution is -2.39. The molecule has 1 fully saturated rings. The quantitative estimate of drug-likeness (QED) is 0.679. The van der Waals surface area contributed by atoms with Crippen LogP contribution in [0.15, 0.2) is 12.2 Å². The highest BCUT2D eigenvalue weighted by Crippen LogP contribution is 2.16. The maximum Gasteiger partial charge on any atom is 0.0594 e. The Balaban J connectivity index is 1.58. The summed E-state index contributed by atoms with van der Waals surface area (Å²) in [5, 5.41) is 0. The van der Waals surface area contributed by atoms with Gasteiger partial charge in [0, 0.05) is 19.1 Å². The van der Waals surface area contributed by atoms with Gasteiger partial charge in [0.15, 0.2) is 0 Å². The van der Waals surface area contributed by atoms with Crippen LogP contribution in [0.3, 0.4) is 0 Å². The Kier molecular flexibility index (Phi) is 5.49. The molecule has 0 amide bonds. The van der Waals surface area contributed by atoms with E-state index in [1.54, 1.807) is 0 Å². The van der Waals surface area contributed by atoms with Gasteiger partial charge in [-0.25, -0.2) is 0 Å². The van der Waals surface area contributed by atoms with Gasteiger partial charge in [-0.15, -0.1) is 0 Å². The van der Waals surface area contributed by atoms with Crippen LogP contribution in [0.1, 0.15) is 25.7 Å². The van der Waals surface area contributed by atoms with Crippen molar-refractivity contribution in [2.24, 2.45) is 0 Å². The zero-order valence-electron chi connectivity index (χ0n) is 11.1. The van der Waals surface area contributed by atoms with Crippen molar-refractivity contribution >= 4 is 0 Å². The fraction of sp³-hybridized carbons (Fsp3) is 0.857. The molecule has 1 atom stereocenters. The predicted molar refractivity (Wildman–Crippen MR) is 71.3 cm³/mol. The molecule has 17 heavy (non-hydrogen) atoms. The molecule has 2 aliphatic rings. The number of ether oxygens (including phenoxy) is 1. The first-order valence-corrected chi connectivity index (χ1v) is 7.01. The summed E-state index contributed by atoms with van der Waals surface area (Å²) in [6.45, 7) is 6.55. The summed E-state index contributed by atoms with van der Waals surface area (Å²) in [7, 11) is 2.28. The van der Waals surface area contributed by atoms with Gasteiger partial charge in [0.05, 0.1) is 13.2 Å². The molecule has 0 saturated carbocycles.